The molecule has 2 N–H and O–H groups in total. The van der Waals surface area contributed by atoms with Crippen LogP contribution in [0.1, 0.15) is 32.6 Å². The highest BCUT2D eigenvalue weighted by molar-refractivity contribution is 5.81. The quantitative estimate of drug-likeness (QED) is 0.773. The van der Waals surface area contributed by atoms with Gasteiger partial charge >= 0.3 is 6.18 Å². The second-order valence-corrected chi connectivity index (χ2v) is 4.98. The van der Waals surface area contributed by atoms with Crippen LogP contribution in [0.4, 0.5) is 13.2 Å². The summed E-state index contributed by atoms with van der Waals surface area (Å²) in [6.45, 7) is 2.95. The van der Waals surface area contributed by atoms with E-state index in [1.54, 1.807) is 0 Å². The Morgan fingerprint density at radius 1 is 1.53 bits per heavy atom. The van der Waals surface area contributed by atoms with Gasteiger partial charge in [-0.25, -0.2) is 0 Å². The normalized spacial score (nSPS) is 34.2. The number of nitrogens with zero attached hydrogens (tertiary/aromatic N) is 2. The van der Waals surface area contributed by atoms with Crippen LogP contribution < -0.4 is 5.73 Å². The zero-order valence-corrected chi connectivity index (χ0v) is 9.93. The first-order valence-electron chi connectivity index (χ1n) is 6.03. The van der Waals surface area contributed by atoms with Crippen LogP contribution >= 0.6 is 0 Å². The first-order chi connectivity index (χ1) is 7.89. The van der Waals surface area contributed by atoms with Crippen molar-refractivity contribution >= 4 is 5.96 Å². The summed E-state index contributed by atoms with van der Waals surface area (Å²) in [5.41, 5.74) is 5.27. The van der Waals surface area contributed by atoms with Crippen LogP contribution in [-0.2, 0) is 0 Å². The maximum atomic E-state index is 12.8. The molecule has 2 rings (SSSR count). The molecule has 2 atom stereocenters. The second kappa shape index (κ2) is 4.07. The number of halogens is 3. The van der Waals surface area contributed by atoms with E-state index in [1.807, 2.05) is 11.8 Å². The van der Waals surface area contributed by atoms with Gasteiger partial charge in [-0.1, -0.05) is 6.42 Å². The molecule has 1 spiro atoms. The topological polar surface area (TPSA) is 41.6 Å². The van der Waals surface area contributed by atoms with E-state index in [4.69, 9.17) is 5.73 Å². The summed E-state index contributed by atoms with van der Waals surface area (Å²) in [7, 11) is 0. The average Bonchev–Trinajstić information content (AvgIpc) is 2.54. The summed E-state index contributed by atoms with van der Waals surface area (Å²) >= 11 is 0. The number of likely N-dealkylation sites (N-methyl/N-ethyl adjacent to an activating group) is 1. The van der Waals surface area contributed by atoms with Crippen LogP contribution in [0.5, 0.6) is 0 Å². The third-order valence-electron chi connectivity index (χ3n) is 3.98. The number of nitrogens with two attached hydrogens (primary N) is 1. The molecule has 6 heteroatoms. The van der Waals surface area contributed by atoms with E-state index in [-0.39, 0.29) is 12.8 Å². The summed E-state index contributed by atoms with van der Waals surface area (Å²) in [6.07, 6.45) is -2.36. The van der Waals surface area contributed by atoms with E-state index in [2.05, 4.69) is 4.99 Å². The Bertz CT molecular complexity index is 326. The number of hydrogen-bond acceptors (Lipinski definition) is 3. The molecule has 1 fully saturated rings. The van der Waals surface area contributed by atoms with Crippen molar-refractivity contribution in [3.05, 3.63) is 0 Å². The molecule has 0 aromatic rings. The van der Waals surface area contributed by atoms with Crippen LogP contribution in [0.25, 0.3) is 0 Å². The molecule has 3 nitrogen and oxygen atoms in total. The fourth-order valence-corrected chi connectivity index (χ4v) is 3.15. The molecule has 0 amide bonds. The van der Waals surface area contributed by atoms with Gasteiger partial charge in [0.1, 0.15) is 0 Å². The number of rotatable bonds is 1. The van der Waals surface area contributed by atoms with Gasteiger partial charge in [-0.3, -0.25) is 4.99 Å². The van der Waals surface area contributed by atoms with Crippen molar-refractivity contribution in [3.8, 4) is 0 Å². The van der Waals surface area contributed by atoms with Gasteiger partial charge < -0.3 is 10.6 Å². The highest BCUT2D eigenvalue weighted by Crippen LogP contribution is 2.45. The number of guanidine groups is 1. The third kappa shape index (κ3) is 2.09. The Morgan fingerprint density at radius 3 is 2.82 bits per heavy atom. The summed E-state index contributed by atoms with van der Waals surface area (Å²) in [5, 5.41) is 0. The van der Waals surface area contributed by atoms with Crippen LogP contribution in [-0.4, -0.2) is 35.7 Å². The maximum absolute atomic E-state index is 12.8. The van der Waals surface area contributed by atoms with Crippen molar-refractivity contribution in [1.82, 2.24) is 4.90 Å². The first-order valence-corrected chi connectivity index (χ1v) is 6.03. The van der Waals surface area contributed by atoms with Crippen molar-refractivity contribution in [2.24, 2.45) is 16.6 Å². The van der Waals surface area contributed by atoms with Gasteiger partial charge in [0.25, 0.3) is 0 Å². The number of hydrogen-bond donors (Lipinski definition) is 1. The minimum absolute atomic E-state index is 0.133. The predicted molar refractivity (Wildman–Crippen MR) is 59.6 cm³/mol. The van der Waals surface area contributed by atoms with Gasteiger partial charge in [0.2, 0.25) is 0 Å². The van der Waals surface area contributed by atoms with Gasteiger partial charge in [-0.2, -0.15) is 13.2 Å². The molecular weight excluding hydrogens is 231 g/mol. The molecule has 0 aromatic heterocycles. The maximum Gasteiger partial charge on any atom is 0.391 e. The molecule has 2 unspecified atom stereocenters. The standard InChI is InChI=1S/C11H18F3N3/c1-2-17-9(15)16-7-10(17)5-3-4-8(6-10)11(12,13)14/h8H,2-7H2,1H3,(H2,15,16). The van der Waals surface area contributed by atoms with Gasteiger partial charge in [-0.05, 0) is 26.2 Å². The van der Waals surface area contributed by atoms with E-state index >= 15 is 0 Å². The average molecular weight is 249 g/mol. The highest BCUT2D eigenvalue weighted by atomic mass is 19.4. The van der Waals surface area contributed by atoms with Gasteiger partial charge in [0.05, 0.1) is 18.0 Å². The Balaban J connectivity index is 2.17. The monoisotopic (exact) mass is 249 g/mol. The highest BCUT2D eigenvalue weighted by Gasteiger charge is 2.51. The van der Waals surface area contributed by atoms with Crippen molar-refractivity contribution in [2.75, 3.05) is 13.1 Å². The summed E-state index contributed by atoms with van der Waals surface area (Å²) in [6, 6.07) is 0. The molecule has 0 bridgehead atoms. The van der Waals surface area contributed by atoms with Crippen LogP contribution in [0.2, 0.25) is 0 Å². The Morgan fingerprint density at radius 2 is 2.24 bits per heavy atom. The largest absolute Gasteiger partial charge is 0.391 e. The molecule has 1 saturated carbocycles. The molecule has 17 heavy (non-hydrogen) atoms. The molecule has 1 heterocycles. The second-order valence-electron chi connectivity index (χ2n) is 4.98. The minimum Gasteiger partial charge on any atom is -0.370 e. The van der Waals surface area contributed by atoms with Crippen molar-refractivity contribution in [3.63, 3.8) is 0 Å². The van der Waals surface area contributed by atoms with E-state index in [0.717, 1.165) is 6.42 Å². The van der Waals surface area contributed by atoms with Gasteiger partial charge in [0, 0.05) is 6.54 Å². The lowest BCUT2D eigenvalue weighted by molar-refractivity contribution is -0.190. The Labute approximate surface area is 98.9 Å². The summed E-state index contributed by atoms with van der Waals surface area (Å²) < 4.78 is 38.5. The van der Waals surface area contributed by atoms with Crippen LogP contribution in [0.3, 0.4) is 0 Å². The molecule has 2 aliphatic rings. The molecule has 98 valence electrons. The smallest absolute Gasteiger partial charge is 0.370 e. The summed E-state index contributed by atoms with van der Waals surface area (Å²) in [4.78, 5) is 5.99. The third-order valence-corrected chi connectivity index (χ3v) is 3.98. The lowest BCUT2D eigenvalue weighted by atomic mass is 9.74. The van der Waals surface area contributed by atoms with E-state index in [0.29, 0.717) is 25.5 Å². The Hall–Kier alpha value is -0.940. The fraction of sp³-hybridized carbons (Fsp3) is 0.909. The van der Waals surface area contributed by atoms with E-state index in [1.165, 1.54) is 0 Å². The van der Waals surface area contributed by atoms with Crippen molar-refractivity contribution < 1.29 is 13.2 Å². The van der Waals surface area contributed by atoms with Crippen LogP contribution in [0, 0.1) is 5.92 Å². The molecule has 0 radical (unpaired) electrons. The van der Waals surface area contributed by atoms with E-state index in [9.17, 15) is 13.2 Å². The summed E-state index contributed by atoms with van der Waals surface area (Å²) in [5.74, 6) is -0.804. The zero-order chi connectivity index (χ0) is 12.7. The number of aliphatic imine (C=N–C) groups is 1. The van der Waals surface area contributed by atoms with E-state index < -0.39 is 17.6 Å². The molecule has 0 aromatic carbocycles. The molecular formula is C11H18F3N3. The number of alkyl halides is 3. The van der Waals surface area contributed by atoms with Crippen LogP contribution in [0.15, 0.2) is 4.99 Å². The predicted octanol–water partition coefficient (Wildman–Crippen LogP) is 2.13. The molecule has 1 aliphatic carbocycles. The SMILES string of the molecule is CCN1C(N)=NCC12CCCC(C(F)(F)F)C2. The fourth-order valence-electron chi connectivity index (χ4n) is 3.15. The minimum atomic E-state index is -4.09. The lowest BCUT2D eigenvalue weighted by Crippen LogP contribution is -2.55. The zero-order valence-electron chi connectivity index (χ0n) is 9.93. The molecule has 0 saturated heterocycles. The van der Waals surface area contributed by atoms with Gasteiger partial charge in [0.15, 0.2) is 5.96 Å². The lowest BCUT2D eigenvalue weighted by Gasteiger charge is -2.44. The Kier molecular flexibility index (Phi) is 2.99. The molecule has 1 aliphatic heterocycles. The van der Waals surface area contributed by atoms with Crippen molar-refractivity contribution in [1.29, 1.82) is 0 Å². The van der Waals surface area contributed by atoms with Crippen molar-refractivity contribution in [2.45, 2.75) is 44.3 Å². The first kappa shape index (κ1) is 12.5. The van der Waals surface area contributed by atoms with Gasteiger partial charge in [-0.15, -0.1) is 0 Å².